The minimum atomic E-state index is 0.261. The molecule has 1 nitrogen and oxygen atoms in total. The third-order valence-electron chi connectivity index (χ3n) is 3.52. The van der Waals surface area contributed by atoms with Gasteiger partial charge in [-0.2, -0.15) is 0 Å². The van der Waals surface area contributed by atoms with Crippen LogP contribution in [0.5, 0.6) is 0 Å². The highest BCUT2D eigenvalue weighted by Crippen LogP contribution is 2.27. The first-order valence-corrected chi connectivity index (χ1v) is 6.32. The monoisotopic (exact) mass is 217 g/mol. The number of anilines is 1. The van der Waals surface area contributed by atoms with Crippen molar-refractivity contribution in [1.82, 2.24) is 0 Å². The zero-order valence-electron chi connectivity index (χ0n) is 11.0. The Morgan fingerprint density at radius 3 is 2.19 bits per heavy atom. The summed E-state index contributed by atoms with van der Waals surface area (Å²) in [5.41, 5.74) is 3.07. The van der Waals surface area contributed by atoms with Gasteiger partial charge in [0.2, 0.25) is 0 Å². The number of nitrogens with zero attached hydrogens (tertiary/aromatic N) is 1. The summed E-state index contributed by atoms with van der Waals surface area (Å²) in [5, 5.41) is 0. The molecule has 1 fully saturated rings. The van der Waals surface area contributed by atoms with Gasteiger partial charge in [0.05, 0.1) is 0 Å². The maximum Gasteiger partial charge on any atom is 0.0366 e. The Labute approximate surface area is 99.5 Å². The van der Waals surface area contributed by atoms with Crippen molar-refractivity contribution in [2.45, 2.75) is 39.5 Å². The van der Waals surface area contributed by atoms with Crippen molar-refractivity contribution in [3.05, 3.63) is 29.8 Å². The molecule has 1 unspecified atom stereocenters. The highest BCUT2D eigenvalue weighted by molar-refractivity contribution is 5.49. The molecule has 1 heterocycles. The molecule has 0 N–H and O–H groups in total. The molecule has 1 aliphatic heterocycles. The van der Waals surface area contributed by atoms with E-state index in [-0.39, 0.29) is 5.41 Å². The van der Waals surface area contributed by atoms with E-state index >= 15 is 0 Å². The standard InChI is InChI=1S/C15H23N/c1-12-9-10-16(11-12)14-7-5-13(6-8-14)15(2,3)4/h5-8,12H,9-11H2,1-4H3. The predicted octanol–water partition coefficient (Wildman–Crippen LogP) is 3.83. The molecule has 2 rings (SSSR count). The Kier molecular flexibility index (Phi) is 2.96. The summed E-state index contributed by atoms with van der Waals surface area (Å²) in [7, 11) is 0. The fourth-order valence-corrected chi connectivity index (χ4v) is 2.34. The van der Waals surface area contributed by atoms with E-state index in [0.29, 0.717) is 0 Å². The average molecular weight is 217 g/mol. The second-order valence-electron chi connectivity index (χ2n) is 6.14. The smallest absolute Gasteiger partial charge is 0.0366 e. The van der Waals surface area contributed by atoms with Crippen LogP contribution < -0.4 is 4.90 Å². The van der Waals surface area contributed by atoms with E-state index in [2.05, 4.69) is 56.9 Å². The van der Waals surface area contributed by atoms with E-state index in [9.17, 15) is 0 Å². The van der Waals surface area contributed by atoms with E-state index in [1.165, 1.54) is 30.8 Å². The first-order valence-electron chi connectivity index (χ1n) is 6.32. The molecule has 1 atom stereocenters. The number of rotatable bonds is 1. The van der Waals surface area contributed by atoms with Crippen molar-refractivity contribution >= 4 is 5.69 Å². The van der Waals surface area contributed by atoms with E-state index in [0.717, 1.165) is 5.92 Å². The Morgan fingerprint density at radius 1 is 1.12 bits per heavy atom. The van der Waals surface area contributed by atoms with Gasteiger partial charge in [-0.3, -0.25) is 0 Å². The summed E-state index contributed by atoms with van der Waals surface area (Å²) in [6.45, 7) is 11.6. The van der Waals surface area contributed by atoms with Gasteiger partial charge in [0, 0.05) is 18.8 Å². The molecular formula is C15H23N. The Morgan fingerprint density at radius 2 is 1.75 bits per heavy atom. The third-order valence-corrected chi connectivity index (χ3v) is 3.52. The number of hydrogen-bond donors (Lipinski definition) is 0. The third kappa shape index (κ3) is 2.40. The second-order valence-corrected chi connectivity index (χ2v) is 6.14. The fourth-order valence-electron chi connectivity index (χ4n) is 2.34. The lowest BCUT2D eigenvalue weighted by Gasteiger charge is -2.22. The lowest BCUT2D eigenvalue weighted by molar-refractivity contribution is 0.590. The van der Waals surface area contributed by atoms with Crippen LogP contribution in [0.4, 0.5) is 5.69 Å². The Hall–Kier alpha value is -0.980. The van der Waals surface area contributed by atoms with Crippen LogP contribution in [0, 0.1) is 5.92 Å². The zero-order valence-corrected chi connectivity index (χ0v) is 11.0. The lowest BCUT2D eigenvalue weighted by atomic mass is 9.87. The number of hydrogen-bond acceptors (Lipinski definition) is 1. The Bertz CT molecular complexity index is 345. The summed E-state index contributed by atoms with van der Waals surface area (Å²) in [6, 6.07) is 9.11. The summed E-state index contributed by atoms with van der Waals surface area (Å²) < 4.78 is 0. The van der Waals surface area contributed by atoms with Gasteiger partial charge in [0.25, 0.3) is 0 Å². The molecular weight excluding hydrogens is 194 g/mol. The molecule has 0 saturated carbocycles. The SMILES string of the molecule is CC1CCN(c2ccc(C(C)(C)C)cc2)C1. The first-order chi connectivity index (χ1) is 7.47. The molecule has 16 heavy (non-hydrogen) atoms. The van der Waals surface area contributed by atoms with E-state index in [1.807, 2.05) is 0 Å². The van der Waals surface area contributed by atoms with Gasteiger partial charge in [-0.1, -0.05) is 39.8 Å². The maximum absolute atomic E-state index is 2.50. The second kappa shape index (κ2) is 4.12. The summed E-state index contributed by atoms with van der Waals surface area (Å²) in [6.07, 6.45) is 1.33. The molecule has 1 aromatic carbocycles. The van der Waals surface area contributed by atoms with Crippen molar-refractivity contribution in [3.63, 3.8) is 0 Å². The largest absolute Gasteiger partial charge is 0.371 e. The van der Waals surface area contributed by atoms with Crippen LogP contribution in [0.1, 0.15) is 39.7 Å². The van der Waals surface area contributed by atoms with Crippen molar-refractivity contribution in [2.75, 3.05) is 18.0 Å². The van der Waals surface area contributed by atoms with Crippen LogP contribution in [0.3, 0.4) is 0 Å². The quantitative estimate of drug-likeness (QED) is 0.691. The van der Waals surface area contributed by atoms with Gasteiger partial charge in [-0.25, -0.2) is 0 Å². The van der Waals surface area contributed by atoms with Crippen LogP contribution in [-0.4, -0.2) is 13.1 Å². The molecule has 88 valence electrons. The molecule has 1 saturated heterocycles. The van der Waals surface area contributed by atoms with Crippen molar-refractivity contribution < 1.29 is 0 Å². The van der Waals surface area contributed by atoms with E-state index in [1.54, 1.807) is 0 Å². The molecule has 0 aromatic heterocycles. The van der Waals surface area contributed by atoms with Crippen molar-refractivity contribution in [3.8, 4) is 0 Å². The van der Waals surface area contributed by atoms with Crippen LogP contribution in [0.2, 0.25) is 0 Å². The van der Waals surface area contributed by atoms with Crippen LogP contribution >= 0.6 is 0 Å². The van der Waals surface area contributed by atoms with Gasteiger partial charge >= 0.3 is 0 Å². The van der Waals surface area contributed by atoms with Crippen LogP contribution in [0.25, 0.3) is 0 Å². The highest BCUT2D eigenvalue weighted by Gasteiger charge is 2.19. The zero-order chi connectivity index (χ0) is 11.8. The predicted molar refractivity (Wildman–Crippen MR) is 71.1 cm³/mol. The van der Waals surface area contributed by atoms with Crippen LogP contribution in [-0.2, 0) is 5.41 Å². The average Bonchev–Trinajstić information content (AvgIpc) is 2.64. The number of benzene rings is 1. The van der Waals surface area contributed by atoms with Gasteiger partial charge in [0.1, 0.15) is 0 Å². The van der Waals surface area contributed by atoms with E-state index in [4.69, 9.17) is 0 Å². The topological polar surface area (TPSA) is 3.24 Å². The fraction of sp³-hybridized carbons (Fsp3) is 0.600. The van der Waals surface area contributed by atoms with Gasteiger partial charge in [0.15, 0.2) is 0 Å². The molecule has 0 bridgehead atoms. The summed E-state index contributed by atoms with van der Waals surface area (Å²) >= 11 is 0. The van der Waals surface area contributed by atoms with Gasteiger partial charge in [-0.05, 0) is 35.4 Å². The molecule has 0 aliphatic carbocycles. The minimum absolute atomic E-state index is 0.261. The molecule has 1 aromatic rings. The van der Waals surface area contributed by atoms with Gasteiger partial charge in [-0.15, -0.1) is 0 Å². The lowest BCUT2D eigenvalue weighted by Crippen LogP contribution is -2.19. The first kappa shape index (κ1) is 11.5. The Balaban J connectivity index is 2.14. The molecule has 0 radical (unpaired) electrons. The highest BCUT2D eigenvalue weighted by atomic mass is 15.1. The normalized spacial score (nSPS) is 21.5. The van der Waals surface area contributed by atoms with Crippen molar-refractivity contribution in [2.24, 2.45) is 5.92 Å². The molecule has 0 spiro atoms. The summed E-state index contributed by atoms with van der Waals surface area (Å²) in [4.78, 5) is 2.50. The van der Waals surface area contributed by atoms with Crippen LogP contribution in [0.15, 0.2) is 24.3 Å². The molecule has 1 heteroatoms. The van der Waals surface area contributed by atoms with Gasteiger partial charge < -0.3 is 4.90 Å². The van der Waals surface area contributed by atoms with E-state index < -0.39 is 0 Å². The maximum atomic E-state index is 2.50. The van der Waals surface area contributed by atoms with Crippen molar-refractivity contribution in [1.29, 1.82) is 0 Å². The summed E-state index contributed by atoms with van der Waals surface area (Å²) in [5.74, 6) is 0.849. The molecule has 1 aliphatic rings. The minimum Gasteiger partial charge on any atom is -0.371 e. The molecule has 0 amide bonds.